The molecule has 0 saturated carbocycles. The third-order valence-electron chi connectivity index (χ3n) is 2.66. The van der Waals surface area contributed by atoms with Crippen LogP contribution >= 0.6 is 0 Å². The van der Waals surface area contributed by atoms with Crippen LogP contribution in [0, 0.1) is 0 Å². The van der Waals surface area contributed by atoms with E-state index in [0.29, 0.717) is 6.04 Å². The van der Waals surface area contributed by atoms with Crippen molar-refractivity contribution in [2.75, 3.05) is 18.9 Å². The zero-order valence-electron chi connectivity index (χ0n) is 9.09. The average Bonchev–Trinajstić information content (AvgIpc) is 2.56. The molecule has 14 heavy (non-hydrogen) atoms. The van der Waals surface area contributed by atoms with E-state index in [1.54, 1.807) is 0 Å². The van der Waals surface area contributed by atoms with E-state index < -0.39 is 0 Å². The number of nitrogens with one attached hydrogen (secondary N) is 2. The van der Waals surface area contributed by atoms with E-state index in [9.17, 15) is 0 Å². The zero-order chi connectivity index (χ0) is 10.1. The molecule has 78 valence electrons. The molecule has 0 unspecified atom stereocenters. The second-order valence-corrected chi connectivity index (χ2v) is 3.99. The molecular formula is C10H18N4. The second-order valence-electron chi connectivity index (χ2n) is 3.99. The van der Waals surface area contributed by atoms with E-state index in [0.717, 1.165) is 19.5 Å². The van der Waals surface area contributed by atoms with Crippen LogP contribution in [0.3, 0.4) is 0 Å². The van der Waals surface area contributed by atoms with Crippen molar-refractivity contribution in [2.45, 2.75) is 32.9 Å². The first-order valence-electron chi connectivity index (χ1n) is 5.22. The first-order chi connectivity index (χ1) is 6.74. The van der Waals surface area contributed by atoms with Crippen molar-refractivity contribution < 1.29 is 0 Å². The second kappa shape index (κ2) is 3.61. The first-order valence-corrected chi connectivity index (χ1v) is 5.22. The molecular weight excluding hydrogens is 176 g/mol. The highest BCUT2D eigenvalue weighted by molar-refractivity contribution is 5.48. The molecule has 1 aliphatic heterocycles. The normalized spacial score (nSPS) is 15.7. The summed E-state index contributed by atoms with van der Waals surface area (Å²) in [7, 11) is 1.96. The predicted molar refractivity (Wildman–Crippen MR) is 57.6 cm³/mol. The average molecular weight is 194 g/mol. The molecule has 1 aromatic rings. The minimum Gasteiger partial charge on any atom is -0.373 e. The molecule has 4 nitrogen and oxygen atoms in total. The summed E-state index contributed by atoms with van der Waals surface area (Å²) in [6.45, 7) is 6.31. The molecule has 0 spiro atoms. The van der Waals surface area contributed by atoms with Crippen LogP contribution in [0.15, 0.2) is 0 Å². The molecule has 2 heterocycles. The molecule has 1 aliphatic rings. The summed E-state index contributed by atoms with van der Waals surface area (Å²) in [5.74, 6) is 1.17. The van der Waals surface area contributed by atoms with Crippen molar-refractivity contribution in [2.24, 2.45) is 0 Å². The number of fused-ring (bicyclic) bond motifs is 1. The van der Waals surface area contributed by atoms with Crippen LogP contribution < -0.4 is 10.6 Å². The fraction of sp³-hybridized carbons (Fsp3) is 0.700. The number of rotatable bonds is 2. The minimum absolute atomic E-state index is 0.419. The fourth-order valence-electron chi connectivity index (χ4n) is 1.96. The molecule has 0 aromatic carbocycles. The maximum atomic E-state index is 4.64. The largest absolute Gasteiger partial charge is 0.373 e. The van der Waals surface area contributed by atoms with Crippen LogP contribution in [-0.2, 0) is 13.0 Å². The van der Waals surface area contributed by atoms with Gasteiger partial charge in [0.1, 0.15) is 5.82 Å². The van der Waals surface area contributed by atoms with Crippen LogP contribution in [0.25, 0.3) is 0 Å². The molecule has 0 aliphatic carbocycles. The van der Waals surface area contributed by atoms with Gasteiger partial charge in [0.05, 0.1) is 5.69 Å². The first kappa shape index (κ1) is 9.52. The highest BCUT2D eigenvalue weighted by atomic mass is 15.3. The van der Waals surface area contributed by atoms with Gasteiger partial charge in [0.15, 0.2) is 0 Å². The summed E-state index contributed by atoms with van der Waals surface area (Å²) in [5.41, 5.74) is 2.59. The molecule has 0 radical (unpaired) electrons. The summed E-state index contributed by atoms with van der Waals surface area (Å²) in [4.78, 5) is 0. The Hall–Kier alpha value is -1.03. The van der Waals surface area contributed by atoms with Gasteiger partial charge in [-0.25, -0.2) is 4.68 Å². The Kier molecular flexibility index (Phi) is 2.46. The topological polar surface area (TPSA) is 41.9 Å². The van der Waals surface area contributed by atoms with Crippen molar-refractivity contribution in [3.8, 4) is 0 Å². The molecule has 0 bridgehead atoms. The lowest BCUT2D eigenvalue weighted by Crippen LogP contribution is -2.23. The lowest BCUT2D eigenvalue weighted by Gasteiger charge is -2.13. The molecule has 0 saturated heterocycles. The molecule has 4 heteroatoms. The van der Waals surface area contributed by atoms with Crippen molar-refractivity contribution >= 4 is 5.82 Å². The summed E-state index contributed by atoms with van der Waals surface area (Å²) < 4.78 is 2.08. The van der Waals surface area contributed by atoms with Crippen LogP contribution in [0.5, 0.6) is 0 Å². The van der Waals surface area contributed by atoms with E-state index >= 15 is 0 Å². The third kappa shape index (κ3) is 1.39. The van der Waals surface area contributed by atoms with Crippen molar-refractivity contribution in [3.63, 3.8) is 0 Å². The lowest BCUT2D eigenvalue weighted by molar-refractivity contribution is 0.531. The molecule has 0 fully saturated rings. The van der Waals surface area contributed by atoms with Gasteiger partial charge in [0.25, 0.3) is 0 Å². The standard InChI is InChI=1S/C10H18N4/c1-7(2)14-10(11-3)8-6-12-5-4-9(8)13-14/h7,11-12H,4-6H2,1-3H3. The predicted octanol–water partition coefficient (Wildman–Crippen LogP) is 1.15. The Labute approximate surface area is 84.7 Å². The molecule has 2 N–H and O–H groups in total. The Morgan fingerprint density at radius 2 is 2.29 bits per heavy atom. The van der Waals surface area contributed by atoms with E-state index in [-0.39, 0.29) is 0 Å². The third-order valence-corrected chi connectivity index (χ3v) is 2.66. The maximum Gasteiger partial charge on any atom is 0.129 e. The van der Waals surface area contributed by atoms with Gasteiger partial charge in [-0.2, -0.15) is 5.10 Å². The van der Waals surface area contributed by atoms with Crippen molar-refractivity contribution in [1.82, 2.24) is 15.1 Å². The Bertz CT molecular complexity index is 327. The molecule has 0 atom stereocenters. The molecule has 2 rings (SSSR count). The Morgan fingerprint density at radius 3 is 2.93 bits per heavy atom. The highest BCUT2D eigenvalue weighted by Crippen LogP contribution is 2.25. The van der Waals surface area contributed by atoms with Crippen molar-refractivity contribution in [1.29, 1.82) is 0 Å². The van der Waals surface area contributed by atoms with Gasteiger partial charge in [0, 0.05) is 38.2 Å². The minimum atomic E-state index is 0.419. The zero-order valence-corrected chi connectivity index (χ0v) is 9.09. The fourth-order valence-corrected chi connectivity index (χ4v) is 1.96. The molecule has 1 aromatic heterocycles. The van der Waals surface area contributed by atoms with E-state index in [1.165, 1.54) is 17.1 Å². The van der Waals surface area contributed by atoms with E-state index in [2.05, 4.69) is 34.3 Å². The van der Waals surface area contributed by atoms with Crippen LogP contribution in [0.2, 0.25) is 0 Å². The number of anilines is 1. The van der Waals surface area contributed by atoms with Crippen LogP contribution in [-0.4, -0.2) is 23.4 Å². The SMILES string of the molecule is CNc1c2c(nn1C(C)C)CCNC2. The van der Waals surface area contributed by atoms with Gasteiger partial charge in [-0.1, -0.05) is 0 Å². The van der Waals surface area contributed by atoms with Gasteiger partial charge in [-0.3, -0.25) is 0 Å². The van der Waals surface area contributed by atoms with Crippen molar-refractivity contribution in [3.05, 3.63) is 11.3 Å². The maximum absolute atomic E-state index is 4.64. The Morgan fingerprint density at radius 1 is 1.50 bits per heavy atom. The lowest BCUT2D eigenvalue weighted by atomic mass is 10.1. The van der Waals surface area contributed by atoms with Gasteiger partial charge in [0.2, 0.25) is 0 Å². The van der Waals surface area contributed by atoms with E-state index in [1.807, 2.05) is 7.05 Å². The van der Waals surface area contributed by atoms with Crippen LogP contribution in [0.1, 0.15) is 31.1 Å². The van der Waals surface area contributed by atoms with Gasteiger partial charge >= 0.3 is 0 Å². The van der Waals surface area contributed by atoms with Gasteiger partial charge in [-0.15, -0.1) is 0 Å². The Balaban J connectivity index is 2.46. The number of hydrogen-bond acceptors (Lipinski definition) is 3. The summed E-state index contributed by atoms with van der Waals surface area (Å²) in [6.07, 6.45) is 1.05. The highest BCUT2D eigenvalue weighted by Gasteiger charge is 2.20. The van der Waals surface area contributed by atoms with E-state index in [4.69, 9.17) is 0 Å². The molecule has 0 amide bonds. The number of hydrogen-bond donors (Lipinski definition) is 2. The quantitative estimate of drug-likeness (QED) is 0.742. The van der Waals surface area contributed by atoms with Crippen LogP contribution in [0.4, 0.5) is 5.82 Å². The number of aromatic nitrogens is 2. The summed E-state index contributed by atoms with van der Waals surface area (Å²) >= 11 is 0. The summed E-state index contributed by atoms with van der Waals surface area (Å²) in [5, 5.41) is 11.3. The van der Waals surface area contributed by atoms with Gasteiger partial charge in [-0.05, 0) is 13.8 Å². The monoisotopic (exact) mass is 194 g/mol. The summed E-state index contributed by atoms with van der Waals surface area (Å²) in [6, 6.07) is 0.419. The van der Waals surface area contributed by atoms with Gasteiger partial charge < -0.3 is 10.6 Å². The smallest absolute Gasteiger partial charge is 0.129 e. The number of nitrogens with zero attached hydrogens (tertiary/aromatic N) is 2.